The molecule has 1 aromatic carbocycles. The molecule has 1 amide bonds. The molecule has 0 saturated carbocycles. The minimum absolute atomic E-state index is 0.0939. The molecule has 1 aromatic rings. The van der Waals surface area contributed by atoms with Crippen molar-refractivity contribution in [2.45, 2.75) is 26.7 Å². The maximum atomic E-state index is 12.0. The highest BCUT2D eigenvalue weighted by Gasteiger charge is 2.39. The summed E-state index contributed by atoms with van der Waals surface area (Å²) in [5.41, 5.74) is 7.33. The van der Waals surface area contributed by atoms with E-state index in [0.717, 1.165) is 30.8 Å². The van der Waals surface area contributed by atoms with Gasteiger partial charge in [0, 0.05) is 43.6 Å². The largest absolute Gasteiger partial charge is 0.493 e. The molecule has 0 spiro atoms. The van der Waals surface area contributed by atoms with Crippen LogP contribution >= 0.6 is 0 Å². The molecule has 0 radical (unpaired) electrons. The molecular weight excluding hydrogens is 266 g/mol. The van der Waals surface area contributed by atoms with Crippen LogP contribution in [0, 0.1) is 5.41 Å². The van der Waals surface area contributed by atoms with E-state index in [2.05, 4.69) is 17.1 Å². The molecule has 1 unspecified atom stereocenters. The SMILES string of the molecule is CCCOc1cc(N)cc(N2CCC(C)(C(=O)NC)C2)c1. The van der Waals surface area contributed by atoms with Gasteiger partial charge in [0.05, 0.1) is 12.0 Å². The number of rotatable bonds is 5. The molecule has 1 aliphatic rings. The van der Waals surface area contributed by atoms with Gasteiger partial charge < -0.3 is 20.7 Å². The predicted molar refractivity (Wildman–Crippen MR) is 85.6 cm³/mol. The second kappa shape index (κ2) is 6.24. The van der Waals surface area contributed by atoms with Crippen molar-refractivity contribution in [3.63, 3.8) is 0 Å². The van der Waals surface area contributed by atoms with E-state index in [4.69, 9.17) is 10.5 Å². The van der Waals surface area contributed by atoms with E-state index in [1.807, 2.05) is 25.1 Å². The lowest BCUT2D eigenvalue weighted by molar-refractivity contribution is -0.128. The molecule has 5 nitrogen and oxygen atoms in total. The topological polar surface area (TPSA) is 67.6 Å². The lowest BCUT2D eigenvalue weighted by Gasteiger charge is -2.24. The molecule has 0 aliphatic carbocycles. The third kappa shape index (κ3) is 3.40. The molecule has 2 rings (SSSR count). The van der Waals surface area contributed by atoms with Gasteiger partial charge in [-0.05, 0) is 25.8 Å². The summed E-state index contributed by atoms with van der Waals surface area (Å²) >= 11 is 0. The molecule has 1 fully saturated rings. The Labute approximate surface area is 126 Å². The third-order valence-electron chi connectivity index (χ3n) is 4.00. The van der Waals surface area contributed by atoms with Crippen molar-refractivity contribution < 1.29 is 9.53 Å². The second-order valence-electron chi connectivity index (χ2n) is 5.92. The number of ether oxygens (including phenoxy) is 1. The Hall–Kier alpha value is -1.91. The highest BCUT2D eigenvalue weighted by Crippen LogP contribution is 2.35. The third-order valence-corrected chi connectivity index (χ3v) is 4.00. The summed E-state index contributed by atoms with van der Waals surface area (Å²) in [5.74, 6) is 0.886. The molecule has 1 atom stereocenters. The summed E-state index contributed by atoms with van der Waals surface area (Å²) in [7, 11) is 1.69. The number of carbonyl (C=O) groups excluding carboxylic acids is 1. The molecule has 21 heavy (non-hydrogen) atoms. The number of amides is 1. The first-order chi connectivity index (χ1) is 9.98. The van der Waals surface area contributed by atoms with E-state index in [1.54, 1.807) is 7.05 Å². The first kappa shape index (κ1) is 15.5. The Balaban J connectivity index is 2.16. The normalized spacial score (nSPS) is 21.4. The molecule has 1 saturated heterocycles. The van der Waals surface area contributed by atoms with Gasteiger partial charge in [0.1, 0.15) is 5.75 Å². The van der Waals surface area contributed by atoms with Gasteiger partial charge in [0.2, 0.25) is 5.91 Å². The lowest BCUT2D eigenvalue weighted by Crippen LogP contribution is -2.39. The number of nitrogen functional groups attached to an aromatic ring is 1. The maximum absolute atomic E-state index is 12.0. The van der Waals surface area contributed by atoms with Crippen molar-refractivity contribution in [3.8, 4) is 5.75 Å². The van der Waals surface area contributed by atoms with Gasteiger partial charge in [-0.1, -0.05) is 6.92 Å². The van der Waals surface area contributed by atoms with Crippen LogP contribution < -0.4 is 20.7 Å². The van der Waals surface area contributed by atoms with E-state index < -0.39 is 0 Å². The van der Waals surface area contributed by atoms with E-state index >= 15 is 0 Å². The number of hydrogen-bond donors (Lipinski definition) is 2. The number of benzene rings is 1. The Kier molecular flexibility index (Phi) is 4.60. The Bertz CT molecular complexity index is 518. The number of nitrogens with one attached hydrogen (secondary N) is 1. The van der Waals surface area contributed by atoms with Gasteiger partial charge >= 0.3 is 0 Å². The fraction of sp³-hybridized carbons (Fsp3) is 0.562. The molecule has 116 valence electrons. The second-order valence-corrected chi connectivity index (χ2v) is 5.92. The smallest absolute Gasteiger partial charge is 0.227 e. The van der Waals surface area contributed by atoms with Crippen LogP contribution in [0.4, 0.5) is 11.4 Å². The fourth-order valence-corrected chi connectivity index (χ4v) is 2.76. The summed E-state index contributed by atoms with van der Waals surface area (Å²) in [4.78, 5) is 14.2. The van der Waals surface area contributed by atoms with Crippen molar-refractivity contribution in [2.75, 3.05) is 37.4 Å². The Morgan fingerprint density at radius 2 is 2.24 bits per heavy atom. The van der Waals surface area contributed by atoms with Gasteiger partial charge in [-0.25, -0.2) is 0 Å². The molecule has 1 aliphatic heterocycles. The molecule has 0 bridgehead atoms. The lowest BCUT2D eigenvalue weighted by atomic mass is 9.89. The van der Waals surface area contributed by atoms with Crippen LogP contribution in [0.25, 0.3) is 0 Å². The monoisotopic (exact) mass is 291 g/mol. The summed E-state index contributed by atoms with van der Waals surface area (Å²) in [6.45, 7) is 6.30. The van der Waals surface area contributed by atoms with E-state index in [-0.39, 0.29) is 11.3 Å². The first-order valence-electron chi connectivity index (χ1n) is 7.49. The van der Waals surface area contributed by atoms with E-state index in [1.165, 1.54) is 0 Å². The van der Waals surface area contributed by atoms with Crippen LogP contribution in [0.1, 0.15) is 26.7 Å². The van der Waals surface area contributed by atoms with Crippen LogP contribution in [-0.4, -0.2) is 32.7 Å². The van der Waals surface area contributed by atoms with Crippen molar-refractivity contribution in [1.29, 1.82) is 0 Å². The first-order valence-corrected chi connectivity index (χ1v) is 7.49. The predicted octanol–water partition coefficient (Wildman–Crippen LogP) is 2.02. The molecular formula is C16H25N3O2. The van der Waals surface area contributed by atoms with Crippen molar-refractivity contribution in [3.05, 3.63) is 18.2 Å². The number of hydrogen-bond acceptors (Lipinski definition) is 4. The number of carbonyl (C=O) groups is 1. The van der Waals surface area contributed by atoms with Gasteiger partial charge in [-0.15, -0.1) is 0 Å². The quantitative estimate of drug-likeness (QED) is 0.815. The minimum Gasteiger partial charge on any atom is -0.493 e. The van der Waals surface area contributed by atoms with Gasteiger partial charge in [-0.2, -0.15) is 0 Å². The minimum atomic E-state index is -0.343. The Morgan fingerprint density at radius 1 is 1.48 bits per heavy atom. The number of anilines is 2. The van der Waals surface area contributed by atoms with Crippen molar-refractivity contribution in [2.24, 2.45) is 5.41 Å². The summed E-state index contributed by atoms with van der Waals surface area (Å²) in [6, 6.07) is 5.78. The Morgan fingerprint density at radius 3 is 2.90 bits per heavy atom. The zero-order valence-electron chi connectivity index (χ0n) is 13.1. The van der Waals surface area contributed by atoms with Crippen LogP contribution in [0.15, 0.2) is 18.2 Å². The highest BCUT2D eigenvalue weighted by molar-refractivity contribution is 5.83. The number of nitrogens with two attached hydrogens (primary N) is 1. The zero-order valence-corrected chi connectivity index (χ0v) is 13.1. The summed E-state index contributed by atoms with van der Waals surface area (Å²) < 4.78 is 5.67. The average molecular weight is 291 g/mol. The maximum Gasteiger partial charge on any atom is 0.227 e. The standard InChI is InChI=1S/C16H25N3O2/c1-4-7-21-14-9-12(17)8-13(10-14)19-6-5-16(2,11-19)15(20)18-3/h8-10H,4-7,11,17H2,1-3H3,(H,18,20). The van der Waals surface area contributed by atoms with Crippen molar-refractivity contribution >= 4 is 17.3 Å². The van der Waals surface area contributed by atoms with Crippen LogP contribution in [0.3, 0.4) is 0 Å². The van der Waals surface area contributed by atoms with Gasteiger partial charge in [-0.3, -0.25) is 4.79 Å². The van der Waals surface area contributed by atoms with Gasteiger partial charge in [0.15, 0.2) is 0 Å². The van der Waals surface area contributed by atoms with E-state index in [9.17, 15) is 4.79 Å². The zero-order chi connectivity index (χ0) is 15.5. The fourth-order valence-electron chi connectivity index (χ4n) is 2.76. The highest BCUT2D eigenvalue weighted by atomic mass is 16.5. The average Bonchev–Trinajstić information content (AvgIpc) is 2.87. The molecule has 1 heterocycles. The van der Waals surface area contributed by atoms with Crippen molar-refractivity contribution in [1.82, 2.24) is 5.32 Å². The molecule has 0 aromatic heterocycles. The van der Waals surface area contributed by atoms with Crippen LogP contribution in [0.5, 0.6) is 5.75 Å². The van der Waals surface area contributed by atoms with E-state index in [0.29, 0.717) is 18.8 Å². The number of nitrogens with zero attached hydrogens (tertiary/aromatic N) is 1. The van der Waals surface area contributed by atoms with Crippen LogP contribution in [0.2, 0.25) is 0 Å². The molecule has 5 heteroatoms. The summed E-state index contributed by atoms with van der Waals surface area (Å²) in [5, 5.41) is 2.76. The summed E-state index contributed by atoms with van der Waals surface area (Å²) in [6.07, 6.45) is 1.80. The molecule has 3 N–H and O–H groups in total. The van der Waals surface area contributed by atoms with Gasteiger partial charge in [0.25, 0.3) is 0 Å². The van der Waals surface area contributed by atoms with Crippen LogP contribution in [-0.2, 0) is 4.79 Å².